The van der Waals surface area contributed by atoms with E-state index in [1.807, 2.05) is 14.1 Å². The molecule has 0 radical (unpaired) electrons. The zero-order chi connectivity index (χ0) is 7.11. The van der Waals surface area contributed by atoms with Gasteiger partial charge in [-0.15, -0.1) is 0 Å². The molecule has 0 unspecified atom stereocenters. The summed E-state index contributed by atoms with van der Waals surface area (Å²) in [5, 5.41) is 2.75. The van der Waals surface area contributed by atoms with Crippen molar-refractivity contribution in [3.8, 4) is 0 Å². The van der Waals surface area contributed by atoms with Gasteiger partial charge in [0.2, 0.25) is 0 Å². The Morgan fingerprint density at radius 2 is 2.11 bits per heavy atom. The first kappa shape index (κ1) is 9.04. The third kappa shape index (κ3) is 5.92. The zero-order valence-electron chi connectivity index (χ0n) is 6.44. The first-order valence-electron chi connectivity index (χ1n) is 3.22. The summed E-state index contributed by atoms with van der Waals surface area (Å²) in [5.41, 5.74) is 0. The second kappa shape index (κ2) is 6.16. The van der Waals surface area contributed by atoms with Gasteiger partial charge in [-0.3, -0.25) is 0 Å². The van der Waals surface area contributed by atoms with Crippen molar-refractivity contribution in [2.24, 2.45) is 0 Å². The van der Waals surface area contributed by atoms with E-state index in [2.05, 4.69) is 41.3 Å². The predicted molar refractivity (Wildman–Crippen MR) is 42.6 cm³/mol. The molecular weight excluding hydrogens is 105 g/mol. The third-order valence-electron chi connectivity index (χ3n) is 0.957. The van der Waals surface area contributed by atoms with Gasteiger partial charge in [-0.2, -0.15) is 0 Å². The third-order valence-corrected chi connectivity index (χ3v) is 0.957. The summed E-state index contributed by atoms with van der Waals surface area (Å²) in [4.78, 5) is 0. The first-order chi connectivity index (χ1) is 4.31. The monoisotopic (exact) mass is 117 g/mol. The molecule has 0 aromatic rings. The fraction of sp³-hybridized carbons (Fsp3) is 0.429. The van der Waals surface area contributed by atoms with Crippen LogP contribution >= 0.6 is 0 Å². The second-order valence-corrected chi connectivity index (χ2v) is 2.15. The Kier molecular flexibility index (Phi) is 6.19. The van der Waals surface area contributed by atoms with Crippen molar-refractivity contribution >= 4 is 17.7 Å². The zero-order valence-corrected chi connectivity index (χ0v) is 6.44. The van der Waals surface area contributed by atoms with Crippen LogP contribution in [0.25, 0.3) is 0 Å². The number of hydrogen-bond donors (Lipinski definition) is 1. The summed E-state index contributed by atoms with van der Waals surface area (Å²) >= 11 is 2.14. The van der Waals surface area contributed by atoms with Crippen LogP contribution in [-0.2, 0) is 0 Å². The molecule has 0 amide bonds. The molecule has 0 heterocycles. The van der Waals surface area contributed by atoms with Crippen molar-refractivity contribution in [2.75, 3.05) is 14.1 Å². The average molecular weight is 117 g/mol. The van der Waals surface area contributed by atoms with E-state index in [0.717, 1.165) is 0 Å². The van der Waals surface area contributed by atoms with Crippen molar-refractivity contribution in [1.82, 2.24) is 5.32 Å². The van der Waals surface area contributed by atoms with Crippen molar-refractivity contribution in [3.63, 3.8) is 0 Å². The van der Waals surface area contributed by atoms with Crippen LogP contribution in [0.15, 0.2) is 22.5 Å². The first-order valence-corrected chi connectivity index (χ1v) is 3.22. The van der Waals surface area contributed by atoms with Gasteiger partial charge in [0.15, 0.2) is 0 Å². The number of allylic oxidation sites excluding steroid dienone is 4. The molecule has 0 saturated heterocycles. The Morgan fingerprint density at radius 1 is 1.56 bits per heavy atom. The van der Waals surface area contributed by atoms with Crippen LogP contribution in [0.4, 0.5) is 0 Å². The van der Waals surface area contributed by atoms with Gasteiger partial charge < -0.3 is 5.32 Å². The molecule has 0 saturated carbocycles. The van der Waals surface area contributed by atoms with Gasteiger partial charge in [-0.05, 0) is 14.1 Å². The SMILES string of the molecule is CNC.[Li][C]1=CC=CC1. The number of rotatable bonds is 0. The molecule has 1 aliphatic carbocycles. The van der Waals surface area contributed by atoms with Gasteiger partial charge in [-0.1, -0.05) is 0 Å². The quantitative estimate of drug-likeness (QED) is 0.463. The minimum atomic E-state index is 1.17. The number of hydrogen-bond acceptors (Lipinski definition) is 1. The summed E-state index contributed by atoms with van der Waals surface area (Å²) in [5.74, 6) is 0. The Labute approximate surface area is 66.4 Å². The Bertz CT molecular complexity index is 116. The molecule has 2 heteroatoms. The van der Waals surface area contributed by atoms with E-state index in [9.17, 15) is 0 Å². The Morgan fingerprint density at radius 3 is 2.22 bits per heavy atom. The van der Waals surface area contributed by atoms with E-state index in [1.165, 1.54) is 10.7 Å². The van der Waals surface area contributed by atoms with Crippen molar-refractivity contribution in [3.05, 3.63) is 22.5 Å². The van der Waals surface area contributed by atoms with E-state index < -0.39 is 0 Å². The molecule has 1 N–H and O–H groups in total. The molecule has 0 fully saturated rings. The number of nitrogens with one attached hydrogen (secondary N) is 1. The molecule has 46 valence electrons. The minimum absolute atomic E-state index is 1.17. The van der Waals surface area contributed by atoms with Crippen LogP contribution < -0.4 is 5.32 Å². The van der Waals surface area contributed by atoms with Crippen LogP contribution in [0.1, 0.15) is 6.42 Å². The van der Waals surface area contributed by atoms with Gasteiger partial charge in [0.05, 0.1) is 0 Å². The Hall–Kier alpha value is 0.0374. The molecule has 0 atom stereocenters. The van der Waals surface area contributed by atoms with Crippen LogP contribution in [0, 0.1) is 0 Å². The molecule has 0 spiro atoms. The Balaban J connectivity index is 0.000000187. The molecule has 9 heavy (non-hydrogen) atoms. The van der Waals surface area contributed by atoms with Gasteiger partial charge >= 0.3 is 46.6 Å². The maximum absolute atomic E-state index is 2.75. The van der Waals surface area contributed by atoms with Gasteiger partial charge in [0.25, 0.3) is 0 Å². The fourth-order valence-electron chi connectivity index (χ4n) is 0.554. The van der Waals surface area contributed by atoms with Crippen LogP contribution in [-0.4, -0.2) is 31.8 Å². The normalized spacial score (nSPS) is 14.4. The van der Waals surface area contributed by atoms with E-state index in [0.29, 0.717) is 0 Å². The molecule has 0 aromatic carbocycles. The van der Waals surface area contributed by atoms with E-state index in [-0.39, 0.29) is 0 Å². The molecule has 0 bridgehead atoms. The van der Waals surface area contributed by atoms with Crippen LogP contribution in [0.2, 0.25) is 0 Å². The second-order valence-electron chi connectivity index (χ2n) is 2.15. The van der Waals surface area contributed by atoms with Gasteiger partial charge in [0, 0.05) is 0 Å². The summed E-state index contributed by atoms with van der Waals surface area (Å²) in [7, 11) is 3.75. The fourth-order valence-corrected chi connectivity index (χ4v) is 0.554. The van der Waals surface area contributed by atoms with Gasteiger partial charge in [-0.25, -0.2) is 0 Å². The average Bonchev–Trinajstić information content (AvgIpc) is 2.20. The summed E-state index contributed by atoms with van der Waals surface area (Å²) in [6.45, 7) is 0. The maximum atomic E-state index is 2.75. The van der Waals surface area contributed by atoms with E-state index >= 15 is 0 Å². The van der Waals surface area contributed by atoms with Crippen LogP contribution in [0.5, 0.6) is 0 Å². The summed E-state index contributed by atoms with van der Waals surface area (Å²) in [6.07, 6.45) is 7.56. The van der Waals surface area contributed by atoms with Gasteiger partial charge in [0.1, 0.15) is 0 Å². The molecule has 1 aliphatic rings. The standard InChI is InChI=1S/C5H5.C2H7N.Li/c1-2-4-5-3-1;1-3-2;/h1-3H,4H2;3H,1-2H3;. The van der Waals surface area contributed by atoms with Crippen molar-refractivity contribution in [2.45, 2.75) is 6.42 Å². The topological polar surface area (TPSA) is 12.0 Å². The molecule has 0 aliphatic heterocycles. The molecule has 1 nitrogen and oxygen atoms in total. The summed E-state index contributed by atoms with van der Waals surface area (Å²) < 4.78 is 1.47. The van der Waals surface area contributed by atoms with Crippen LogP contribution in [0.3, 0.4) is 0 Å². The van der Waals surface area contributed by atoms with Crippen molar-refractivity contribution < 1.29 is 0 Å². The van der Waals surface area contributed by atoms with E-state index in [1.54, 1.807) is 0 Å². The van der Waals surface area contributed by atoms with E-state index in [4.69, 9.17) is 0 Å². The molecule has 0 aromatic heterocycles. The predicted octanol–water partition coefficient (Wildman–Crippen LogP) is 0.834. The van der Waals surface area contributed by atoms with Crippen molar-refractivity contribution in [1.29, 1.82) is 0 Å². The molecule has 1 rings (SSSR count). The summed E-state index contributed by atoms with van der Waals surface area (Å²) in [6, 6.07) is 0. The molecular formula is C7H12LiN.